The Hall–Kier alpha value is -3.53. The lowest BCUT2D eigenvalue weighted by Gasteiger charge is -2.11. The first-order valence-corrected chi connectivity index (χ1v) is 10.9. The van der Waals surface area contributed by atoms with Gasteiger partial charge in [0.05, 0.1) is 11.4 Å². The second-order valence-corrected chi connectivity index (χ2v) is 7.96. The molecule has 0 aliphatic heterocycles. The average Bonchev–Trinajstić information content (AvgIpc) is 3.20. The third-order valence-corrected chi connectivity index (χ3v) is 5.61. The molecule has 0 bridgehead atoms. The van der Waals surface area contributed by atoms with Gasteiger partial charge in [-0.25, -0.2) is 0 Å². The number of aryl methyl sites for hydroxylation is 3. The van der Waals surface area contributed by atoms with E-state index < -0.39 is 0 Å². The Kier molecular flexibility index (Phi) is 6.08. The summed E-state index contributed by atoms with van der Waals surface area (Å²) in [6, 6.07) is 14.2. The Morgan fingerprint density at radius 3 is 2.71 bits per heavy atom. The highest BCUT2D eigenvalue weighted by molar-refractivity contribution is 7.98. The van der Waals surface area contributed by atoms with Crippen LogP contribution in [-0.4, -0.2) is 35.2 Å². The number of anilines is 3. The van der Waals surface area contributed by atoms with Crippen molar-refractivity contribution in [2.75, 3.05) is 11.1 Å². The van der Waals surface area contributed by atoms with Gasteiger partial charge in [-0.05, 0) is 54.0 Å². The molecule has 3 N–H and O–H groups in total. The van der Waals surface area contributed by atoms with Crippen molar-refractivity contribution in [3.8, 4) is 5.69 Å². The zero-order chi connectivity index (χ0) is 21.8. The number of aromatic nitrogens is 7. The molecule has 0 radical (unpaired) electrons. The molecule has 9 nitrogen and oxygen atoms in total. The molecule has 0 atom stereocenters. The highest BCUT2D eigenvalue weighted by atomic mass is 32.2. The topological polar surface area (TPSA) is 120 Å². The van der Waals surface area contributed by atoms with Crippen LogP contribution in [0.5, 0.6) is 0 Å². The highest BCUT2D eigenvalue weighted by Gasteiger charge is 2.13. The minimum Gasteiger partial charge on any atom is -0.368 e. The molecule has 0 spiro atoms. The number of rotatable bonds is 7. The second-order valence-electron chi connectivity index (χ2n) is 7.02. The maximum absolute atomic E-state index is 5.93. The van der Waals surface area contributed by atoms with Crippen LogP contribution in [0.15, 0.2) is 47.6 Å². The van der Waals surface area contributed by atoms with Crippen LogP contribution in [-0.2, 0) is 12.2 Å². The Bertz CT molecular complexity index is 1210. The van der Waals surface area contributed by atoms with E-state index in [0.29, 0.717) is 22.7 Å². The zero-order valence-corrected chi connectivity index (χ0v) is 18.4. The molecular formula is C21H23N9S. The van der Waals surface area contributed by atoms with E-state index in [2.05, 4.69) is 61.8 Å². The van der Waals surface area contributed by atoms with E-state index in [4.69, 9.17) is 5.73 Å². The summed E-state index contributed by atoms with van der Waals surface area (Å²) < 4.78 is 1.72. The van der Waals surface area contributed by atoms with Crippen LogP contribution < -0.4 is 11.1 Å². The minimum absolute atomic E-state index is 0.163. The Labute approximate surface area is 184 Å². The largest absolute Gasteiger partial charge is 0.368 e. The van der Waals surface area contributed by atoms with Crippen molar-refractivity contribution in [3.63, 3.8) is 0 Å². The Morgan fingerprint density at radius 2 is 1.90 bits per heavy atom. The normalized spacial score (nSPS) is 10.9. The van der Waals surface area contributed by atoms with Gasteiger partial charge in [-0.2, -0.15) is 19.6 Å². The van der Waals surface area contributed by atoms with Crippen molar-refractivity contribution >= 4 is 29.3 Å². The number of tetrazole rings is 1. The molecule has 0 saturated carbocycles. The van der Waals surface area contributed by atoms with Crippen LogP contribution in [0.1, 0.15) is 29.4 Å². The molecule has 0 saturated heterocycles. The first-order valence-electron chi connectivity index (χ1n) is 9.87. The summed E-state index contributed by atoms with van der Waals surface area (Å²) in [6.45, 7) is 6.20. The van der Waals surface area contributed by atoms with E-state index >= 15 is 0 Å². The summed E-state index contributed by atoms with van der Waals surface area (Å²) in [5.41, 5.74) is 11.3. The molecule has 0 aliphatic rings. The van der Waals surface area contributed by atoms with Gasteiger partial charge >= 0.3 is 0 Å². The number of benzene rings is 2. The van der Waals surface area contributed by atoms with Gasteiger partial charge in [-0.1, -0.05) is 54.6 Å². The van der Waals surface area contributed by atoms with E-state index in [1.807, 2.05) is 37.3 Å². The monoisotopic (exact) mass is 433 g/mol. The fraction of sp³-hybridized carbons (Fsp3) is 0.238. The van der Waals surface area contributed by atoms with Crippen LogP contribution >= 0.6 is 11.8 Å². The molecule has 2 aromatic carbocycles. The van der Waals surface area contributed by atoms with Crippen LogP contribution in [0.2, 0.25) is 0 Å². The van der Waals surface area contributed by atoms with E-state index in [1.165, 1.54) is 22.9 Å². The fourth-order valence-electron chi connectivity index (χ4n) is 3.22. The Morgan fingerprint density at radius 1 is 1.06 bits per heavy atom. The number of nitrogens with two attached hydrogens (primary N) is 1. The van der Waals surface area contributed by atoms with Gasteiger partial charge < -0.3 is 11.1 Å². The summed E-state index contributed by atoms with van der Waals surface area (Å²) in [4.78, 5) is 13.0. The van der Waals surface area contributed by atoms with Gasteiger partial charge in [0.15, 0.2) is 0 Å². The summed E-state index contributed by atoms with van der Waals surface area (Å²) in [5.74, 6) is 1.57. The van der Waals surface area contributed by atoms with E-state index in [0.717, 1.165) is 23.4 Å². The van der Waals surface area contributed by atoms with Crippen molar-refractivity contribution in [2.45, 2.75) is 38.1 Å². The van der Waals surface area contributed by atoms with Crippen molar-refractivity contribution in [1.82, 2.24) is 35.2 Å². The highest BCUT2D eigenvalue weighted by Crippen LogP contribution is 2.25. The molecule has 0 amide bonds. The minimum atomic E-state index is 0.163. The number of para-hydroxylation sites is 1. The van der Waals surface area contributed by atoms with Gasteiger partial charge in [0.2, 0.25) is 17.1 Å². The maximum Gasteiger partial charge on any atom is 0.232 e. The Balaban J connectivity index is 1.53. The van der Waals surface area contributed by atoms with Crippen LogP contribution in [0.4, 0.5) is 17.6 Å². The van der Waals surface area contributed by atoms with Crippen molar-refractivity contribution in [2.24, 2.45) is 0 Å². The first-order chi connectivity index (χ1) is 15.0. The SMILES string of the molecule is CCc1ccccc1Nc1nc(N)nc(CSc2nnnn2-c2ccc(C)cc2C)n1. The van der Waals surface area contributed by atoms with Gasteiger partial charge in [-0.15, -0.1) is 5.10 Å². The van der Waals surface area contributed by atoms with E-state index in [-0.39, 0.29) is 5.95 Å². The lowest BCUT2D eigenvalue weighted by atomic mass is 10.1. The quantitative estimate of drug-likeness (QED) is 0.421. The first kappa shape index (κ1) is 20.7. The van der Waals surface area contributed by atoms with E-state index in [1.54, 1.807) is 4.68 Å². The molecule has 2 aromatic heterocycles. The van der Waals surface area contributed by atoms with Crippen LogP contribution in [0.25, 0.3) is 5.69 Å². The molecule has 31 heavy (non-hydrogen) atoms. The molecule has 158 valence electrons. The molecule has 0 unspecified atom stereocenters. The molecule has 4 aromatic rings. The van der Waals surface area contributed by atoms with Gasteiger partial charge in [0.1, 0.15) is 5.82 Å². The molecule has 4 rings (SSSR count). The fourth-order valence-corrected chi connectivity index (χ4v) is 3.96. The van der Waals surface area contributed by atoms with Gasteiger partial charge in [-0.3, -0.25) is 0 Å². The van der Waals surface area contributed by atoms with Gasteiger partial charge in [0, 0.05) is 5.69 Å². The summed E-state index contributed by atoms with van der Waals surface area (Å²) >= 11 is 1.44. The van der Waals surface area contributed by atoms with Crippen LogP contribution in [0.3, 0.4) is 0 Å². The summed E-state index contributed by atoms with van der Waals surface area (Å²) in [7, 11) is 0. The summed E-state index contributed by atoms with van der Waals surface area (Å²) in [6.07, 6.45) is 0.896. The lowest BCUT2D eigenvalue weighted by Crippen LogP contribution is -2.08. The number of nitrogens with zero attached hydrogens (tertiary/aromatic N) is 7. The molecule has 10 heteroatoms. The molecular weight excluding hydrogens is 410 g/mol. The number of thioether (sulfide) groups is 1. The van der Waals surface area contributed by atoms with Crippen molar-refractivity contribution in [1.29, 1.82) is 0 Å². The zero-order valence-electron chi connectivity index (χ0n) is 17.6. The van der Waals surface area contributed by atoms with Gasteiger partial charge in [0.25, 0.3) is 0 Å². The number of hydrogen-bond acceptors (Lipinski definition) is 9. The van der Waals surface area contributed by atoms with Crippen molar-refractivity contribution < 1.29 is 0 Å². The third-order valence-electron chi connectivity index (χ3n) is 4.70. The maximum atomic E-state index is 5.93. The predicted octanol–water partition coefficient (Wildman–Crippen LogP) is 3.64. The average molecular weight is 434 g/mol. The number of nitrogen functional groups attached to an aromatic ring is 1. The standard InChI is InChI=1S/C21H23N9S/c1-4-15-7-5-6-8-16(15)23-20-25-18(24-19(22)26-20)12-31-21-27-28-29-30(21)17-10-9-13(2)11-14(17)3/h5-11H,4,12H2,1-3H3,(H3,22,23,24,25,26). The number of nitrogens with one attached hydrogen (secondary N) is 1. The molecule has 0 fully saturated rings. The lowest BCUT2D eigenvalue weighted by molar-refractivity contribution is 0.751. The smallest absolute Gasteiger partial charge is 0.232 e. The third kappa shape index (κ3) is 4.80. The predicted molar refractivity (Wildman–Crippen MR) is 122 cm³/mol. The number of hydrogen-bond donors (Lipinski definition) is 2. The second kappa shape index (κ2) is 9.09. The van der Waals surface area contributed by atoms with Crippen LogP contribution in [0, 0.1) is 13.8 Å². The molecule has 2 heterocycles. The van der Waals surface area contributed by atoms with E-state index in [9.17, 15) is 0 Å². The summed E-state index contributed by atoms with van der Waals surface area (Å²) in [5, 5.41) is 16.0. The molecule has 0 aliphatic carbocycles. The van der Waals surface area contributed by atoms with Crippen molar-refractivity contribution in [3.05, 3.63) is 65.0 Å².